The first kappa shape index (κ1) is 13.9. The molecule has 3 atom stereocenters. The van der Waals surface area contributed by atoms with Gasteiger partial charge in [0, 0.05) is 6.61 Å². The molecule has 21 heavy (non-hydrogen) atoms. The fourth-order valence-electron chi connectivity index (χ4n) is 3.49. The number of rotatable bonds is 3. The molecule has 1 aliphatic heterocycles. The zero-order valence-corrected chi connectivity index (χ0v) is 13.4. The van der Waals surface area contributed by atoms with Crippen LogP contribution in [0.1, 0.15) is 43.4 Å². The molecule has 0 bridgehead atoms. The molecule has 5 heteroatoms. The Morgan fingerprint density at radius 3 is 2.86 bits per heavy atom. The first-order valence-corrected chi connectivity index (χ1v) is 8.40. The van der Waals surface area contributed by atoms with Gasteiger partial charge in [-0.2, -0.15) is 0 Å². The first-order chi connectivity index (χ1) is 10.2. The van der Waals surface area contributed by atoms with Crippen molar-refractivity contribution in [2.75, 3.05) is 6.61 Å². The van der Waals surface area contributed by atoms with Gasteiger partial charge in [-0.25, -0.2) is 4.98 Å². The van der Waals surface area contributed by atoms with Gasteiger partial charge in [0.2, 0.25) is 0 Å². The Balaban J connectivity index is 1.90. The molecule has 3 nitrogen and oxygen atoms in total. The van der Waals surface area contributed by atoms with Gasteiger partial charge in [0.25, 0.3) is 0 Å². The van der Waals surface area contributed by atoms with Crippen LogP contribution in [0.3, 0.4) is 0 Å². The van der Waals surface area contributed by atoms with Gasteiger partial charge in [-0.15, -0.1) is 11.6 Å². The third-order valence-corrected chi connectivity index (χ3v) is 5.07. The number of aromatic nitrogens is 2. The minimum Gasteiger partial charge on any atom is -0.376 e. The molecule has 0 amide bonds. The van der Waals surface area contributed by atoms with Crippen LogP contribution in [0, 0.1) is 5.92 Å². The van der Waals surface area contributed by atoms with Crippen LogP contribution in [0.15, 0.2) is 18.2 Å². The van der Waals surface area contributed by atoms with E-state index in [-0.39, 0.29) is 11.5 Å². The Hall–Kier alpha value is -0.770. The van der Waals surface area contributed by atoms with E-state index in [1.54, 1.807) is 0 Å². The van der Waals surface area contributed by atoms with E-state index < -0.39 is 0 Å². The zero-order valence-electron chi connectivity index (χ0n) is 11.9. The van der Waals surface area contributed by atoms with Crippen molar-refractivity contribution in [1.29, 1.82) is 0 Å². The second-order valence-electron chi connectivity index (χ2n) is 6.09. The van der Waals surface area contributed by atoms with Gasteiger partial charge in [-0.1, -0.05) is 17.7 Å². The van der Waals surface area contributed by atoms with Crippen molar-refractivity contribution < 1.29 is 4.74 Å². The smallest absolute Gasteiger partial charge is 0.128 e. The van der Waals surface area contributed by atoms with Gasteiger partial charge < -0.3 is 9.30 Å². The molecule has 0 N–H and O–H groups in total. The van der Waals surface area contributed by atoms with Crippen LogP contribution in [0.5, 0.6) is 0 Å². The van der Waals surface area contributed by atoms with Gasteiger partial charge in [0.15, 0.2) is 0 Å². The lowest BCUT2D eigenvalue weighted by molar-refractivity contribution is 0.0753. The van der Waals surface area contributed by atoms with E-state index in [2.05, 4.69) is 4.57 Å². The van der Waals surface area contributed by atoms with Gasteiger partial charge in [-0.05, 0) is 44.2 Å². The third kappa shape index (κ3) is 2.26. The van der Waals surface area contributed by atoms with Crippen molar-refractivity contribution in [3.63, 3.8) is 0 Å². The molecule has 3 unspecified atom stereocenters. The summed E-state index contributed by atoms with van der Waals surface area (Å²) in [5, 5.41) is 0.596. The lowest BCUT2D eigenvalue weighted by Gasteiger charge is -2.23. The highest BCUT2D eigenvalue weighted by atomic mass is 35.5. The predicted molar refractivity (Wildman–Crippen MR) is 85.1 cm³/mol. The van der Waals surface area contributed by atoms with Crippen molar-refractivity contribution >= 4 is 34.2 Å². The van der Waals surface area contributed by atoms with Gasteiger partial charge in [-0.3, -0.25) is 0 Å². The highest BCUT2D eigenvalue weighted by Crippen LogP contribution is 2.46. The number of halogens is 2. The molecule has 2 aliphatic rings. The van der Waals surface area contributed by atoms with E-state index >= 15 is 0 Å². The van der Waals surface area contributed by atoms with E-state index in [1.165, 1.54) is 12.8 Å². The van der Waals surface area contributed by atoms with Crippen molar-refractivity contribution in [1.82, 2.24) is 9.55 Å². The summed E-state index contributed by atoms with van der Waals surface area (Å²) in [6.45, 7) is 2.78. The van der Waals surface area contributed by atoms with Gasteiger partial charge in [0.05, 0.1) is 33.6 Å². The maximum Gasteiger partial charge on any atom is 0.128 e. The number of alkyl halides is 1. The highest BCUT2D eigenvalue weighted by molar-refractivity contribution is 6.35. The maximum atomic E-state index is 6.46. The summed E-state index contributed by atoms with van der Waals surface area (Å²) in [5.41, 5.74) is 1.93. The number of nitrogens with zero attached hydrogens (tertiary/aromatic N) is 2. The average molecular weight is 325 g/mol. The second-order valence-corrected chi connectivity index (χ2v) is 7.15. The number of fused-ring (bicyclic) bond motifs is 1. The highest BCUT2D eigenvalue weighted by Gasteiger charge is 2.43. The molecule has 0 spiro atoms. The third-order valence-electron chi connectivity index (χ3n) is 4.57. The van der Waals surface area contributed by atoms with E-state index in [9.17, 15) is 0 Å². The molecule has 0 radical (unpaired) electrons. The van der Waals surface area contributed by atoms with Crippen molar-refractivity contribution in [2.24, 2.45) is 5.92 Å². The number of imidazole rings is 1. The lowest BCUT2D eigenvalue weighted by Crippen LogP contribution is -2.24. The monoisotopic (exact) mass is 324 g/mol. The molecular formula is C16H18Cl2N2O. The molecule has 1 aliphatic carbocycles. The minimum absolute atomic E-state index is 0.145. The number of hydrogen-bond donors (Lipinski definition) is 0. The normalized spacial score (nSPS) is 27.4. The van der Waals surface area contributed by atoms with E-state index in [0.717, 1.165) is 34.9 Å². The average Bonchev–Trinajstić information content (AvgIpc) is 3.04. The quantitative estimate of drug-likeness (QED) is 0.763. The van der Waals surface area contributed by atoms with E-state index in [1.807, 2.05) is 25.1 Å². The summed E-state index contributed by atoms with van der Waals surface area (Å²) in [6, 6.07) is 6.17. The minimum atomic E-state index is -0.145. The summed E-state index contributed by atoms with van der Waals surface area (Å²) in [6.07, 6.45) is 3.84. The van der Waals surface area contributed by atoms with Crippen molar-refractivity contribution in [2.45, 2.75) is 43.7 Å². The Kier molecular flexibility index (Phi) is 3.40. The molecule has 112 valence electrons. The maximum absolute atomic E-state index is 6.46. The van der Waals surface area contributed by atoms with Gasteiger partial charge >= 0.3 is 0 Å². The number of benzene rings is 1. The zero-order chi connectivity index (χ0) is 14.6. The molecule has 2 aromatic rings. The summed E-state index contributed by atoms with van der Waals surface area (Å²) in [4.78, 5) is 4.72. The largest absolute Gasteiger partial charge is 0.376 e. The van der Waals surface area contributed by atoms with Gasteiger partial charge in [0.1, 0.15) is 5.82 Å². The van der Waals surface area contributed by atoms with Crippen molar-refractivity contribution in [3.05, 3.63) is 29.0 Å². The van der Waals surface area contributed by atoms with Crippen LogP contribution < -0.4 is 0 Å². The van der Waals surface area contributed by atoms with Crippen molar-refractivity contribution in [3.8, 4) is 0 Å². The number of hydrogen-bond acceptors (Lipinski definition) is 2. The fraction of sp³-hybridized carbons (Fsp3) is 0.562. The van der Waals surface area contributed by atoms with Crippen LogP contribution in [0.25, 0.3) is 11.0 Å². The molecule has 1 aromatic carbocycles. The Morgan fingerprint density at radius 1 is 1.33 bits per heavy atom. The summed E-state index contributed by atoms with van der Waals surface area (Å²) in [5.74, 6) is 1.59. The molecule has 4 rings (SSSR count). The molecule has 1 saturated heterocycles. The summed E-state index contributed by atoms with van der Waals surface area (Å²) in [7, 11) is 0. The molecule has 2 fully saturated rings. The second kappa shape index (κ2) is 5.15. The predicted octanol–water partition coefficient (Wildman–Crippen LogP) is 4.73. The van der Waals surface area contributed by atoms with Crippen LogP contribution in [0.4, 0.5) is 0 Å². The molecule has 2 heterocycles. The summed E-state index contributed by atoms with van der Waals surface area (Å²) >= 11 is 12.8. The SMILES string of the molecule is CC(Cl)c1nc2cccc(Cl)c2n1C1CCOC1C1CC1. The van der Waals surface area contributed by atoms with Crippen LogP contribution in [0.2, 0.25) is 5.02 Å². The van der Waals surface area contributed by atoms with E-state index in [0.29, 0.717) is 12.0 Å². The van der Waals surface area contributed by atoms with Crippen LogP contribution in [-0.4, -0.2) is 22.3 Å². The first-order valence-electron chi connectivity index (χ1n) is 7.59. The lowest BCUT2D eigenvalue weighted by atomic mass is 10.1. The van der Waals surface area contributed by atoms with Crippen LogP contribution in [-0.2, 0) is 4.74 Å². The molecule has 1 aromatic heterocycles. The Labute approximate surface area is 134 Å². The fourth-order valence-corrected chi connectivity index (χ4v) is 3.91. The summed E-state index contributed by atoms with van der Waals surface area (Å²) < 4.78 is 8.26. The van der Waals surface area contributed by atoms with Crippen LogP contribution >= 0.6 is 23.2 Å². The number of ether oxygens (including phenoxy) is 1. The molecule has 1 saturated carbocycles. The topological polar surface area (TPSA) is 27.1 Å². The Bertz CT molecular complexity index is 678. The van der Waals surface area contributed by atoms with E-state index in [4.69, 9.17) is 32.9 Å². The standard InChI is InChI=1S/C16H18Cl2N2O/c1-9(17)16-19-12-4-2-3-11(18)14(12)20(16)13-7-8-21-15(13)10-5-6-10/h2-4,9-10,13,15H,5-8H2,1H3. The molecular weight excluding hydrogens is 307 g/mol. The number of para-hydroxylation sites is 1. The Morgan fingerprint density at radius 2 is 2.14 bits per heavy atom.